The molecule has 1 amide bonds. The van der Waals surface area contributed by atoms with E-state index in [0.29, 0.717) is 18.8 Å². The molecule has 0 unspecified atom stereocenters. The van der Waals surface area contributed by atoms with Crippen LogP contribution in [0.5, 0.6) is 5.75 Å². The first-order valence-electron chi connectivity index (χ1n) is 5.13. The molecule has 0 aliphatic heterocycles. The highest BCUT2D eigenvalue weighted by Gasteiger charge is 1.96. The number of nitrogen functional groups attached to an aromatic ring is 1. The molecule has 0 heterocycles. The third-order valence-corrected chi connectivity index (χ3v) is 1.97. The van der Waals surface area contributed by atoms with Gasteiger partial charge < -0.3 is 20.9 Å². The van der Waals surface area contributed by atoms with Crippen LogP contribution in [0.3, 0.4) is 0 Å². The number of benzene rings is 1. The van der Waals surface area contributed by atoms with Crippen molar-refractivity contribution in [1.82, 2.24) is 5.32 Å². The van der Waals surface area contributed by atoms with Crippen molar-refractivity contribution in [2.75, 3.05) is 18.9 Å². The molecule has 0 aliphatic rings. The van der Waals surface area contributed by atoms with E-state index in [1.807, 2.05) is 12.1 Å². The molecule has 5 heteroatoms. The molecule has 16 heavy (non-hydrogen) atoms. The molecule has 0 aliphatic carbocycles. The van der Waals surface area contributed by atoms with E-state index < -0.39 is 6.09 Å². The summed E-state index contributed by atoms with van der Waals surface area (Å²) in [6, 6.07) is 7.22. The van der Waals surface area contributed by atoms with Crippen LogP contribution in [0.25, 0.3) is 0 Å². The molecule has 1 aromatic rings. The van der Waals surface area contributed by atoms with Gasteiger partial charge in [-0.2, -0.15) is 0 Å². The number of carbonyl (C=O) groups is 1. The van der Waals surface area contributed by atoms with Gasteiger partial charge >= 0.3 is 6.09 Å². The van der Waals surface area contributed by atoms with Gasteiger partial charge in [-0.05, 0) is 25.0 Å². The van der Waals surface area contributed by atoms with Crippen molar-refractivity contribution < 1.29 is 14.6 Å². The van der Waals surface area contributed by atoms with E-state index in [4.69, 9.17) is 15.6 Å². The van der Waals surface area contributed by atoms with Crippen LogP contribution in [-0.2, 0) is 0 Å². The molecule has 4 N–H and O–H groups in total. The second kappa shape index (κ2) is 6.55. The maximum atomic E-state index is 10.1. The maximum absolute atomic E-state index is 10.1. The van der Waals surface area contributed by atoms with Gasteiger partial charge in [-0.15, -0.1) is 0 Å². The summed E-state index contributed by atoms with van der Waals surface area (Å²) in [6.45, 7) is 1.01. The number of ether oxygens (including phenoxy) is 1. The molecule has 0 aromatic heterocycles. The van der Waals surface area contributed by atoms with E-state index in [2.05, 4.69) is 5.32 Å². The molecule has 88 valence electrons. The van der Waals surface area contributed by atoms with Gasteiger partial charge in [0.05, 0.1) is 6.61 Å². The third kappa shape index (κ3) is 5.09. The zero-order valence-corrected chi connectivity index (χ0v) is 8.98. The second-order valence-corrected chi connectivity index (χ2v) is 3.36. The second-order valence-electron chi connectivity index (χ2n) is 3.36. The fourth-order valence-corrected chi connectivity index (χ4v) is 1.22. The first-order chi connectivity index (χ1) is 7.68. The average Bonchev–Trinajstić information content (AvgIpc) is 2.23. The molecule has 0 saturated heterocycles. The van der Waals surface area contributed by atoms with Gasteiger partial charge in [-0.25, -0.2) is 4.79 Å². The normalized spacial score (nSPS) is 9.75. The van der Waals surface area contributed by atoms with Crippen LogP contribution in [0.4, 0.5) is 10.5 Å². The molecule has 1 aromatic carbocycles. The Bertz CT molecular complexity index is 342. The Labute approximate surface area is 94.2 Å². The number of anilines is 1. The van der Waals surface area contributed by atoms with Crippen LogP contribution in [0.15, 0.2) is 24.3 Å². The zero-order chi connectivity index (χ0) is 11.8. The van der Waals surface area contributed by atoms with Gasteiger partial charge in [0.1, 0.15) is 5.75 Å². The molecule has 0 fully saturated rings. The van der Waals surface area contributed by atoms with Crippen molar-refractivity contribution in [3.63, 3.8) is 0 Å². The van der Waals surface area contributed by atoms with Gasteiger partial charge in [0.2, 0.25) is 0 Å². The Morgan fingerprint density at radius 2 is 2.25 bits per heavy atom. The predicted molar refractivity (Wildman–Crippen MR) is 61.6 cm³/mol. The lowest BCUT2D eigenvalue weighted by Gasteiger charge is -2.06. The summed E-state index contributed by atoms with van der Waals surface area (Å²) in [4.78, 5) is 10.1. The number of hydrogen-bond acceptors (Lipinski definition) is 3. The molecule has 5 nitrogen and oxygen atoms in total. The number of rotatable bonds is 6. The first kappa shape index (κ1) is 12.2. The summed E-state index contributed by atoms with van der Waals surface area (Å²) in [5.41, 5.74) is 6.26. The highest BCUT2D eigenvalue weighted by molar-refractivity contribution is 5.64. The largest absolute Gasteiger partial charge is 0.494 e. The van der Waals surface area contributed by atoms with Crippen LogP contribution in [0.2, 0.25) is 0 Å². The van der Waals surface area contributed by atoms with Crippen molar-refractivity contribution in [2.45, 2.75) is 12.8 Å². The van der Waals surface area contributed by atoms with E-state index in [-0.39, 0.29) is 0 Å². The van der Waals surface area contributed by atoms with Crippen LogP contribution >= 0.6 is 0 Å². The minimum absolute atomic E-state index is 0.454. The van der Waals surface area contributed by atoms with Crippen molar-refractivity contribution in [3.8, 4) is 5.75 Å². The summed E-state index contributed by atoms with van der Waals surface area (Å²) in [5, 5.41) is 10.6. The quantitative estimate of drug-likeness (QED) is 0.507. The summed E-state index contributed by atoms with van der Waals surface area (Å²) >= 11 is 0. The Balaban J connectivity index is 2.09. The maximum Gasteiger partial charge on any atom is 0.404 e. The van der Waals surface area contributed by atoms with E-state index in [1.165, 1.54) is 0 Å². The molecule has 0 spiro atoms. The van der Waals surface area contributed by atoms with E-state index in [0.717, 1.165) is 18.6 Å². The molecule has 1 rings (SSSR count). The van der Waals surface area contributed by atoms with Crippen molar-refractivity contribution in [2.24, 2.45) is 0 Å². The Morgan fingerprint density at radius 3 is 2.94 bits per heavy atom. The molecule has 0 radical (unpaired) electrons. The van der Waals surface area contributed by atoms with Crippen LogP contribution < -0.4 is 15.8 Å². The van der Waals surface area contributed by atoms with Gasteiger partial charge in [0.15, 0.2) is 0 Å². The summed E-state index contributed by atoms with van der Waals surface area (Å²) < 4.78 is 5.44. The molecular weight excluding hydrogens is 208 g/mol. The van der Waals surface area contributed by atoms with Crippen LogP contribution in [-0.4, -0.2) is 24.4 Å². The fourth-order valence-electron chi connectivity index (χ4n) is 1.22. The summed E-state index contributed by atoms with van der Waals surface area (Å²) in [6.07, 6.45) is 0.570. The molecule has 0 bridgehead atoms. The minimum atomic E-state index is -0.989. The van der Waals surface area contributed by atoms with Crippen LogP contribution in [0.1, 0.15) is 12.8 Å². The Kier molecular flexibility index (Phi) is 4.98. The van der Waals surface area contributed by atoms with Gasteiger partial charge in [0, 0.05) is 18.3 Å². The zero-order valence-electron chi connectivity index (χ0n) is 8.98. The predicted octanol–water partition coefficient (Wildman–Crippen LogP) is 1.70. The fraction of sp³-hybridized carbons (Fsp3) is 0.364. The number of carboxylic acid groups (broad SMARTS) is 1. The van der Waals surface area contributed by atoms with Gasteiger partial charge in [0.25, 0.3) is 0 Å². The Morgan fingerprint density at radius 1 is 1.44 bits per heavy atom. The first-order valence-corrected chi connectivity index (χ1v) is 5.13. The minimum Gasteiger partial charge on any atom is -0.494 e. The topological polar surface area (TPSA) is 84.6 Å². The highest BCUT2D eigenvalue weighted by atomic mass is 16.5. The lowest BCUT2D eigenvalue weighted by atomic mass is 10.3. The smallest absolute Gasteiger partial charge is 0.404 e. The monoisotopic (exact) mass is 224 g/mol. The van der Waals surface area contributed by atoms with Gasteiger partial charge in [-0.3, -0.25) is 0 Å². The number of amides is 1. The van der Waals surface area contributed by atoms with Crippen molar-refractivity contribution >= 4 is 11.8 Å². The van der Waals surface area contributed by atoms with Crippen LogP contribution in [0, 0.1) is 0 Å². The Hall–Kier alpha value is -1.91. The van der Waals surface area contributed by atoms with Crippen molar-refractivity contribution in [1.29, 1.82) is 0 Å². The third-order valence-electron chi connectivity index (χ3n) is 1.97. The average molecular weight is 224 g/mol. The van der Waals surface area contributed by atoms with Gasteiger partial charge in [-0.1, -0.05) is 6.07 Å². The number of unbranched alkanes of at least 4 members (excludes halogenated alkanes) is 1. The summed E-state index contributed by atoms with van der Waals surface area (Å²) in [7, 11) is 0. The lowest BCUT2D eigenvalue weighted by Crippen LogP contribution is -2.22. The number of nitrogens with one attached hydrogen (secondary N) is 1. The van der Waals surface area contributed by atoms with Crippen molar-refractivity contribution in [3.05, 3.63) is 24.3 Å². The summed E-state index contributed by atoms with van der Waals surface area (Å²) in [5.74, 6) is 0.742. The molecule has 0 saturated carbocycles. The number of nitrogens with two attached hydrogens (primary N) is 1. The van der Waals surface area contributed by atoms with E-state index >= 15 is 0 Å². The number of hydrogen-bond donors (Lipinski definition) is 3. The van der Waals surface area contributed by atoms with E-state index in [1.54, 1.807) is 12.1 Å². The lowest BCUT2D eigenvalue weighted by molar-refractivity contribution is 0.194. The SMILES string of the molecule is Nc1cccc(OCCCCNC(=O)O)c1. The standard InChI is InChI=1S/C11H16N2O3/c12-9-4-3-5-10(8-9)16-7-2-1-6-13-11(14)15/h3-5,8,13H,1-2,6-7,12H2,(H,14,15). The van der Waals surface area contributed by atoms with E-state index in [9.17, 15) is 4.79 Å². The highest BCUT2D eigenvalue weighted by Crippen LogP contribution is 2.14. The molecule has 0 atom stereocenters. The molecular formula is C11H16N2O3.